The highest BCUT2D eigenvalue weighted by Gasteiger charge is 2.47. The molecule has 0 saturated carbocycles. The molecule has 5 nitrogen and oxygen atoms in total. The zero-order valence-corrected chi connectivity index (χ0v) is 48.6. The van der Waals surface area contributed by atoms with E-state index in [1.54, 1.807) is 0 Å². The summed E-state index contributed by atoms with van der Waals surface area (Å²) in [7, 11) is 0. The van der Waals surface area contributed by atoms with Crippen molar-refractivity contribution in [2.75, 3.05) is 14.7 Å². The largest absolute Gasteiger partial charge is 0.457 e. The van der Waals surface area contributed by atoms with Gasteiger partial charge in [0.2, 0.25) is 6.71 Å². The second-order valence-electron chi connectivity index (χ2n) is 20.8. The summed E-state index contributed by atoms with van der Waals surface area (Å²) in [4.78, 5) is 9.96. The Morgan fingerprint density at radius 3 is 1.40 bits per heavy atom. The van der Waals surface area contributed by atoms with Crippen LogP contribution in [0.1, 0.15) is 50.7 Å². The van der Waals surface area contributed by atoms with Gasteiger partial charge in [0.25, 0.3) is 6.71 Å². The molecule has 0 unspecified atom stereocenters. The SMILES string of the molecule is CCCCc1ccc(Oc2cc3c4c(c2)N(c2ccc(I)cc2)c2cc5c(cc2B4c2ccccc2S3)B2c3ccccc3N(c3ccccc3)c3cc(Oc4ccc(CCCC)cc4)cc(c32)N5c2ccc(I)cc2)cc1. The smallest absolute Gasteiger partial charge is 0.252 e. The zero-order chi connectivity index (χ0) is 52.4. The first kappa shape index (κ1) is 49.4. The van der Waals surface area contributed by atoms with E-state index in [0.717, 1.165) is 99.9 Å². The minimum Gasteiger partial charge on any atom is -0.457 e. The lowest BCUT2D eigenvalue weighted by Gasteiger charge is -2.46. The molecule has 0 saturated heterocycles. The van der Waals surface area contributed by atoms with E-state index < -0.39 is 0 Å². The number of hydrogen-bond donors (Lipinski definition) is 0. The van der Waals surface area contributed by atoms with Crippen molar-refractivity contribution < 1.29 is 9.47 Å². The number of aryl methyl sites for hydroxylation is 2. The van der Waals surface area contributed by atoms with Gasteiger partial charge >= 0.3 is 0 Å². The van der Waals surface area contributed by atoms with Crippen LogP contribution in [0.5, 0.6) is 23.0 Å². The fourth-order valence-electron chi connectivity index (χ4n) is 12.3. The Bertz CT molecular complexity index is 3920. The van der Waals surface area contributed by atoms with E-state index in [4.69, 9.17) is 9.47 Å². The molecular weight excluding hydrogens is 1200 g/mol. The molecule has 0 aliphatic carbocycles. The summed E-state index contributed by atoms with van der Waals surface area (Å²) in [5, 5.41) is 0. The summed E-state index contributed by atoms with van der Waals surface area (Å²) in [6.07, 6.45) is 6.80. The van der Waals surface area contributed by atoms with Gasteiger partial charge in [0.1, 0.15) is 23.0 Å². The number of nitrogens with zero attached hydrogens (tertiary/aromatic N) is 3. The van der Waals surface area contributed by atoms with E-state index in [1.807, 2.05) is 11.8 Å². The first-order valence-electron chi connectivity index (χ1n) is 27.3. The van der Waals surface area contributed by atoms with E-state index in [1.165, 1.54) is 73.7 Å². The zero-order valence-electron chi connectivity index (χ0n) is 43.4. The third kappa shape index (κ3) is 8.79. The average molecular weight is 1250 g/mol. The molecule has 10 heteroatoms. The number of benzene rings is 10. The molecule has 0 atom stereocenters. The summed E-state index contributed by atoms with van der Waals surface area (Å²) in [5.41, 5.74) is 20.4. The average Bonchev–Trinajstić information content (AvgIpc) is 1.78. The van der Waals surface area contributed by atoms with Gasteiger partial charge < -0.3 is 24.2 Å². The Labute approximate surface area is 490 Å². The van der Waals surface area contributed by atoms with Crippen LogP contribution in [0.2, 0.25) is 0 Å². The van der Waals surface area contributed by atoms with Crippen LogP contribution in [0.4, 0.5) is 51.2 Å². The molecule has 14 rings (SSSR count). The molecule has 0 fully saturated rings. The van der Waals surface area contributed by atoms with Gasteiger partial charge in [-0.1, -0.05) is 129 Å². The summed E-state index contributed by atoms with van der Waals surface area (Å²) in [5.74, 6) is 3.25. The first-order chi connectivity index (χ1) is 38.4. The Morgan fingerprint density at radius 1 is 0.372 bits per heavy atom. The van der Waals surface area contributed by atoms with Crippen molar-refractivity contribution in [2.45, 2.75) is 62.2 Å². The third-order valence-electron chi connectivity index (χ3n) is 15.9. The number of fused-ring (bicyclic) bond motifs is 8. The van der Waals surface area contributed by atoms with Crippen molar-refractivity contribution in [2.24, 2.45) is 0 Å². The molecule has 10 aromatic carbocycles. The quantitative estimate of drug-likeness (QED) is 0.0844. The van der Waals surface area contributed by atoms with Gasteiger partial charge in [-0.15, -0.1) is 0 Å². The monoisotopic (exact) mass is 1250 g/mol. The molecule has 378 valence electrons. The summed E-state index contributed by atoms with van der Waals surface area (Å²) >= 11 is 6.72. The molecule has 0 radical (unpaired) electrons. The Kier molecular flexibility index (Phi) is 13.1. The molecule has 0 amide bonds. The van der Waals surface area contributed by atoms with Crippen molar-refractivity contribution in [3.05, 3.63) is 231 Å². The molecule has 4 aliphatic heterocycles. The maximum Gasteiger partial charge on any atom is 0.252 e. The van der Waals surface area contributed by atoms with Crippen LogP contribution in [0.3, 0.4) is 0 Å². The molecule has 0 aromatic heterocycles. The number of rotatable bonds is 13. The predicted molar refractivity (Wildman–Crippen MR) is 346 cm³/mol. The van der Waals surface area contributed by atoms with Crippen molar-refractivity contribution in [3.63, 3.8) is 0 Å². The highest BCUT2D eigenvalue weighted by Crippen LogP contribution is 2.50. The Hall–Kier alpha value is -6.86. The number of ether oxygens (including phenoxy) is 2. The summed E-state index contributed by atoms with van der Waals surface area (Å²) in [6, 6.07) is 78.6. The van der Waals surface area contributed by atoms with Crippen LogP contribution in [0.25, 0.3) is 0 Å². The van der Waals surface area contributed by atoms with E-state index in [2.05, 4.69) is 286 Å². The normalized spacial score (nSPS) is 13.3. The highest BCUT2D eigenvalue weighted by atomic mass is 127. The summed E-state index contributed by atoms with van der Waals surface area (Å²) < 4.78 is 16.4. The maximum atomic E-state index is 7.06. The van der Waals surface area contributed by atoms with Crippen LogP contribution in [0.15, 0.2) is 222 Å². The predicted octanol–water partition coefficient (Wildman–Crippen LogP) is 16.0. The minimum atomic E-state index is -0.108. The lowest BCUT2D eigenvalue weighted by atomic mass is 9.30. The maximum absolute atomic E-state index is 7.06. The van der Waals surface area contributed by atoms with Crippen LogP contribution in [-0.2, 0) is 12.8 Å². The van der Waals surface area contributed by atoms with E-state index >= 15 is 0 Å². The van der Waals surface area contributed by atoms with Crippen LogP contribution in [0, 0.1) is 7.14 Å². The standard InChI is InChI=1S/C68H53B2I2N3O2S/c1-3-5-14-44-22-34-51(35-23-44)76-53-38-62-67-63(39-53)74(49-30-26-46(71)27-31-49)60-43-61-58(42-57(60)69(67)55-18-10-12-20-59(55)73(62)48-16-8-7-9-17-48)70-56-19-11-13-21-65(56)78-66-41-54(77-52-36-24-45(25-37-52)15-6-4-2)40-64(68(66)70)75(61)50-32-28-47(72)29-33-50/h7-13,16-43H,3-6,14-15H2,1-2H3. The topological polar surface area (TPSA) is 28.2 Å². The van der Waals surface area contributed by atoms with Crippen molar-refractivity contribution >= 4 is 154 Å². The summed E-state index contributed by atoms with van der Waals surface area (Å²) in [6.45, 7) is 4.34. The highest BCUT2D eigenvalue weighted by molar-refractivity contribution is 14.1. The number of anilines is 9. The fraction of sp³-hybridized carbons (Fsp3) is 0.118. The van der Waals surface area contributed by atoms with Gasteiger partial charge in [0, 0.05) is 86.3 Å². The molecular formula is C68H53B2I2N3O2S. The lowest BCUT2D eigenvalue weighted by Crippen LogP contribution is -2.64. The van der Waals surface area contributed by atoms with E-state index in [0.29, 0.717) is 0 Å². The minimum absolute atomic E-state index is 0.0452. The van der Waals surface area contributed by atoms with E-state index in [-0.39, 0.29) is 13.4 Å². The van der Waals surface area contributed by atoms with Gasteiger partial charge in [-0.2, -0.15) is 0 Å². The third-order valence-corrected chi connectivity index (χ3v) is 18.4. The van der Waals surface area contributed by atoms with Crippen molar-refractivity contribution in [1.29, 1.82) is 0 Å². The molecule has 0 spiro atoms. The number of para-hydroxylation sites is 2. The first-order valence-corrected chi connectivity index (χ1v) is 30.3. The van der Waals surface area contributed by atoms with Crippen LogP contribution >= 0.6 is 56.9 Å². The molecule has 4 aliphatic rings. The molecule has 0 N–H and O–H groups in total. The van der Waals surface area contributed by atoms with Gasteiger partial charge in [-0.05, 0) is 219 Å². The Morgan fingerprint density at radius 2 is 0.833 bits per heavy atom. The van der Waals surface area contributed by atoms with Gasteiger partial charge in [0.15, 0.2) is 0 Å². The lowest BCUT2D eigenvalue weighted by molar-refractivity contribution is 0.481. The molecule has 78 heavy (non-hydrogen) atoms. The molecule has 4 heterocycles. The number of halogens is 2. The fourth-order valence-corrected chi connectivity index (χ4v) is 14.2. The molecule has 0 bridgehead atoms. The second kappa shape index (κ2) is 20.7. The van der Waals surface area contributed by atoms with Crippen molar-refractivity contribution in [1.82, 2.24) is 0 Å². The van der Waals surface area contributed by atoms with Gasteiger partial charge in [-0.3, -0.25) is 0 Å². The van der Waals surface area contributed by atoms with Gasteiger partial charge in [0.05, 0.1) is 0 Å². The van der Waals surface area contributed by atoms with E-state index in [9.17, 15) is 0 Å². The van der Waals surface area contributed by atoms with Crippen molar-refractivity contribution in [3.8, 4) is 23.0 Å². The second-order valence-corrected chi connectivity index (χ2v) is 24.3. The van der Waals surface area contributed by atoms with Crippen LogP contribution < -0.4 is 57.0 Å². The number of hydrogen-bond acceptors (Lipinski definition) is 6. The Balaban J connectivity index is 1.03. The molecule has 10 aromatic rings. The van der Waals surface area contributed by atoms with Gasteiger partial charge in [-0.25, -0.2) is 0 Å². The van der Waals surface area contributed by atoms with Crippen LogP contribution in [-0.4, -0.2) is 13.4 Å². The number of unbranched alkanes of at least 4 members (excludes halogenated alkanes) is 2.